The lowest BCUT2D eigenvalue weighted by atomic mass is 9.99. The molecule has 0 N–H and O–H groups in total. The number of hydrogen-bond acceptors (Lipinski definition) is 4. The number of hydrogen-bond donors (Lipinski definition) is 0. The van der Waals surface area contributed by atoms with E-state index >= 15 is 0 Å². The Kier molecular flexibility index (Phi) is 3.36. The van der Waals surface area contributed by atoms with Crippen LogP contribution in [0.5, 0.6) is 0 Å². The SMILES string of the molecule is CCOC(=O)c1cc2ccc3c(C#N)c(C)ccc3c2s1. The molecule has 0 aliphatic carbocycles. The summed E-state index contributed by atoms with van der Waals surface area (Å²) in [5.41, 5.74) is 1.66. The average molecular weight is 295 g/mol. The van der Waals surface area contributed by atoms with Gasteiger partial charge in [0.15, 0.2) is 0 Å². The van der Waals surface area contributed by atoms with Gasteiger partial charge in [-0.25, -0.2) is 4.79 Å². The summed E-state index contributed by atoms with van der Waals surface area (Å²) < 4.78 is 6.07. The van der Waals surface area contributed by atoms with Gasteiger partial charge in [0.05, 0.1) is 12.2 Å². The van der Waals surface area contributed by atoms with Gasteiger partial charge in [0.1, 0.15) is 10.9 Å². The van der Waals surface area contributed by atoms with Gasteiger partial charge < -0.3 is 4.74 Å². The topological polar surface area (TPSA) is 50.1 Å². The maximum Gasteiger partial charge on any atom is 0.348 e. The quantitative estimate of drug-likeness (QED) is 0.658. The van der Waals surface area contributed by atoms with Crippen LogP contribution in [0.2, 0.25) is 0 Å². The van der Waals surface area contributed by atoms with E-state index in [0.717, 1.165) is 26.4 Å². The Morgan fingerprint density at radius 1 is 1.29 bits per heavy atom. The van der Waals surface area contributed by atoms with Gasteiger partial charge in [-0.05, 0) is 30.9 Å². The maximum atomic E-state index is 11.9. The van der Waals surface area contributed by atoms with Crippen molar-refractivity contribution in [1.29, 1.82) is 5.26 Å². The number of carbonyl (C=O) groups is 1. The molecule has 0 aliphatic rings. The molecule has 0 saturated heterocycles. The number of nitriles is 1. The molecular weight excluding hydrogens is 282 g/mol. The Hall–Kier alpha value is -2.38. The van der Waals surface area contributed by atoms with E-state index in [4.69, 9.17) is 4.74 Å². The summed E-state index contributed by atoms with van der Waals surface area (Å²) in [5.74, 6) is -0.292. The summed E-state index contributed by atoms with van der Waals surface area (Å²) in [7, 11) is 0. The first-order valence-corrected chi connectivity index (χ1v) is 7.50. The predicted octanol–water partition coefficient (Wildman–Crippen LogP) is 4.41. The van der Waals surface area contributed by atoms with E-state index in [-0.39, 0.29) is 5.97 Å². The molecule has 2 aromatic carbocycles. The molecule has 0 radical (unpaired) electrons. The first-order valence-electron chi connectivity index (χ1n) is 6.68. The highest BCUT2D eigenvalue weighted by molar-refractivity contribution is 7.21. The number of esters is 1. The highest BCUT2D eigenvalue weighted by Crippen LogP contribution is 2.35. The van der Waals surface area contributed by atoms with Crippen LogP contribution >= 0.6 is 11.3 Å². The lowest BCUT2D eigenvalue weighted by Crippen LogP contribution is -2.01. The number of aryl methyl sites for hydroxylation is 1. The molecule has 0 fully saturated rings. The summed E-state index contributed by atoms with van der Waals surface area (Å²) in [5, 5.41) is 12.3. The third kappa shape index (κ3) is 2.16. The zero-order valence-electron chi connectivity index (χ0n) is 11.8. The predicted molar refractivity (Wildman–Crippen MR) is 84.7 cm³/mol. The molecule has 1 heterocycles. The highest BCUT2D eigenvalue weighted by atomic mass is 32.1. The lowest BCUT2D eigenvalue weighted by molar-refractivity contribution is 0.0532. The molecule has 4 heteroatoms. The van der Waals surface area contributed by atoms with Crippen molar-refractivity contribution in [2.24, 2.45) is 0 Å². The van der Waals surface area contributed by atoms with Crippen LogP contribution in [-0.4, -0.2) is 12.6 Å². The molecule has 3 rings (SSSR count). The number of carbonyl (C=O) groups excluding carboxylic acids is 1. The number of rotatable bonds is 2. The smallest absolute Gasteiger partial charge is 0.348 e. The van der Waals surface area contributed by atoms with Crippen LogP contribution < -0.4 is 0 Å². The number of nitrogens with zero attached hydrogens (tertiary/aromatic N) is 1. The maximum absolute atomic E-state index is 11.9. The molecule has 1 aromatic heterocycles. The minimum absolute atomic E-state index is 0.292. The van der Waals surface area contributed by atoms with Gasteiger partial charge in [0.2, 0.25) is 0 Å². The van der Waals surface area contributed by atoms with Gasteiger partial charge in [-0.2, -0.15) is 5.26 Å². The third-order valence-electron chi connectivity index (χ3n) is 3.48. The van der Waals surface area contributed by atoms with E-state index in [1.807, 2.05) is 37.3 Å². The second-order valence-corrected chi connectivity index (χ2v) is 5.83. The number of benzene rings is 2. The summed E-state index contributed by atoms with van der Waals surface area (Å²) in [6.07, 6.45) is 0. The standard InChI is InChI=1S/C17H13NO2S/c1-3-20-17(19)15-8-11-5-7-12-13(16(11)21-15)6-4-10(2)14(12)9-18/h4-8H,3H2,1-2H3. The Morgan fingerprint density at radius 2 is 2.05 bits per heavy atom. The minimum Gasteiger partial charge on any atom is -0.462 e. The Bertz CT molecular complexity index is 902. The fourth-order valence-corrected chi connectivity index (χ4v) is 3.54. The van der Waals surface area contributed by atoms with Crippen LogP contribution in [0.1, 0.15) is 27.7 Å². The van der Waals surface area contributed by atoms with Crippen molar-refractivity contribution < 1.29 is 9.53 Å². The number of fused-ring (bicyclic) bond motifs is 3. The second-order valence-electron chi connectivity index (χ2n) is 4.78. The van der Waals surface area contributed by atoms with E-state index in [1.165, 1.54) is 11.3 Å². The van der Waals surface area contributed by atoms with E-state index < -0.39 is 0 Å². The second kappa shape index (κ2) is 5.19. The first-order chi connectivity index (χ1) is 10.2. The van der Waals surface area contributed by atoms with Crippen molar-refractivity contribution in [2.45, 2.75) is 13.8 Å². The zero-order chi connectivity index (χ0) is 15.0. The van der Waals surface area contributed by atoms with E-state index in [0.29, 0.717) is 17.0 Å². The fraction of sp³-hybridized carbons (Fsp3) is 0.176. The molecule has 0 atom stereocenters. The molecule has 21 heavy (non-hydrogen) atoms. The van der Waals surface area contributed by atoms with Crippen molar-refractivity contribution in [3.63, 3.8) is 0 Å². The average Bonchev–Trinajstić information content (AvgIpc) is 2.91. The van der Waals surface area contributed by atoms with Crippen LogP contribution in [0.25, 0.3) is 20.9 Å². The summed E-state index contributed by atoms with van der Waals surface area (Å²) in [6.45, 7) is 4.09. The van der Waals surface area contributed by atoms with E-state index in [1.54, 1.807) is 6.92 Å². The lowest BCUT2D eigenvalue weighted by Gasteiger charge is -2.04. The van der Waals surface area contributed by atoms with Gasteiger partial charge in [-0.3, -0.25) is 0 Å². The van der Waals surface area contributed by atoms with Gasteiger partial charge in [-0.15, -0.1) is 11.3 Å². The zero-order valence-corrected chi connectivity index (χ0v) is 12.6. The van der Waals surface area contributed by atoms with Crippen LogP contribution in [-0.2, 0) is 4.74 Å². The van der Waals surface area contributed by atoms with Crippen molar-refractivity contribution >= 4 is 38.2 Å². The van der Waals surface area contributed by atoms with Crippen LogP contribution in [0.15, 0.2) is 30.3 Å². The molecule has 0 saturated carbocycles. The molecule has 104 valence electrons. The Labute approximate surface area is 126 Å². The summed E-state index contributed by atoms with van der Waals surface area (Å²) in [4.78, 5) is 12.5. The van der Waals surface area contributed by atoms with Crippen molar-refractivity contribution in [2.75, 3.05) is 6.61 Å². The molecule has 0 unspecified atom stereocenters. The fourth-order valence-electron chi connectivity index (χ4n) is 2.46. The first kappa shape index (κ1) is 13.6. The van der Waals surface area contributed by atoms with E-state index in [9.17, 15) is 10.1 Å². The third-order valence-corrected chi connectivity index (χ3v) is 4.64. The summed E-state index contributed by atoms with van der Waals surface area (Å²) >= 11 is 1.42. The Morgan fingerprint density at radius 3 is 2.76 bits per heavy atom. The van der Waals surface area contributed by atoms with Crippen LogP contribution in [0, 0.1) is 18.3 Å². The van der Waals surface area contributed by atoms with Crippen molar-refractivity contribution in [1.82, 2.24) is 0 Å². The van der Waals surface area contributed by atoms with E-state index in [2.05, 4.69) is 6.07 Å². The highest BCUT2D eigenvalue weighted by Gasteiger charge is 2.14. The van der Waals surface area contributed by atoms with Gasteiger partial charge in [0.25, 0.3) is 0 Å². The van der Waals surface area contributed by atoms with Crippen molar-refractivity contribution in [3.8, 4) is 6.07 Å². The minimum atomic E-state index is -0.292. The number of ether oxygens (including phenoxy) is 1. The molecule has 0 spiro atoms. The molecule has 0 bridgehead atoms. The van der Waals surface area contributed by atoms with Gasteiger partial charge in [0, 0.05) is 15.5 Å². The summed E-state index contributed by atoms with van der Waals surface area (Å²) in [6, 6.07) is 12.0. The normalized spacial score (nSPS) is 10.7. The van der Waals surface area contributed by atoms with Gasteiger partial charge in [-0.1, -0.05) is 24.3 Å². The molecule has 0 amide bonds. The van der Waals surface area contributed by atoms with Crippen LogP contribution in [0.3, 0.4) is 0 Å². The van der Waals surface area contributed by atoms with Gasteiger partial charge >= 0.3 is 5.97 Å². The molecule has 3 aromatic rings. The largest absolute Gasteiger partial charge is 0.462 e. The number of thiophene rings is 1. The van der Waals surface area contributed by atoms with Crippen LogP contribution in [0.4, 0.5) is 0 Å². The molecule has 3 nitrogen and oxygen atoms in total. The Balaban J connectivity index is 2.29. The van der Waals surface area contributed by atoms with Crippen molar-refractivity contribution in [3.05, 3.63) is 46.3 Å². The molecular formula is C17H13NO2S. The molecule has 0 aliphatic heterocycles. The monoisotopic (exact) mass is 295 g/mol.